The third-order valence-electron chi connectivity index (χ3n) is 4.67. The summed E-state index contributed by atoms with van der Waals surface area (Å²) in [5, 5.41) is 18.8. The molecule has 2 aromatic rings. The number of aryl methyl sites for hydroxylation is 1. The zero-order chi connectivity index (χ0) is 18.5. The van der Waals surface area contributed by atoms with Crippen molar-refractivity contribution in [1.29, 1.82) is 0 Å². The second-order valence-electron chi connectivity index (χ2n) is 6.53. The van der Waals surface area contributed by atoms with Crippen LogP contribution in [0.2, 0.25) is 0 Å². The molecular weight excluding hydrogens is 338 g/mol. The van der Waals surface area contributed by atoms with Gasteiger partial charge in [-0.3, -0.25) is 9.59 Å². The number of pyridine rings is 1. The maximum absolute atomic E-state index is 12.5. The fourth-order valence-corrected chi connectivity index (χ4v) is 3.16. The highest BCUT2D eigenvalue weighted by Gasteiger charge is 2.15. The van der Waals surface area contributed by atoms with E-state index in [9.17, 15) is 14.4 Å². The lowest BCUT2D eigenvalue weighted by Gasteiger charge is -2.21. The van der Waals surface area contributed by atoms with Crippen molar-refractivity contribution in [3.63, 3.8) is 0 Å². The average molecular weight is 361 g/mol. The van der Waals surface area contributed by atoms with Crippen molar-refractivity contribution in [3.8, 4) is 0 Å². The normalized spacial score (nSPS) is 15.2. The van der Waals surface area contributed by atoms with Gasteiger partial charge < -0.3 is 15.7 Å². The van der Waals surface area contributed by atoms with Gasteiger partial charge in [0.25, 0.3) is 5.91 Å². The first-order chi connectivity index (χ1) is 12.5. The number of piperidine rings is 1. The smallest absolute Gasteiger partial charge is 0.350 e. The lowest BCUT2D eigenvalue weighted by Crippen LogP contribution is -2.29. The number of nitrogens with one attached hydrogen (secondary N) is 2. The number of hydrogen-bond acceptors (Lipinski definition) is 5. The molecular formula is C17H23N5O4. The van der Waals surface area contributed by atoms with Gasteiger partial charge in [0.05, 0.1) is 12.0 Å². The van der Waals surface area contributed by atoms with E-state index in [0.29, 0.717) is 23.7 Å². The fourth-order valence-electron chi connectivity index (χ4n) is 3.16. The first-order valence-corrected chi connectivity index (χ1v) is 8.84. The monoisotopic (exact) mass is 361 g/mol. The maximum atomic E-state index is 12.5. The molecule has 3 heterocycles. The Balaban J connectivity index is 1.69. The van der Waals surface area contributed by atoms with Crippen LogP contribution in [0.15, 0.2) is 23.1 Å². The summed E-state index contributed by atoms with van der Waals surface area (Å²) in [6.45, 7) is 2.64. The molecule has 1 fully saturated rings. The zero-order valence-electron chi connectivity index (χ0n) is 14.5. The number of carboxylic acids is 1. The predicted octanol–water partition coefficient (Wildman–Crippen LogP) is 0.0902. The Morgan fingerprint density at radius 3 is 2.81 bits per heavy atom. The molecule has 26 heavy (non-hydrogen) atoms. The molecule has 1 aliphatic heterocycles. The molecule has 0 spiro atoms. The van der Waals surface area contributed by atoms with Gasteiger partial charge in [-0.05, 0) is 50.4 Å². The van der Waals surface area contributed by atoms with Crippen molar-refractivity contribution in [3.05, 3.63) is 34.4 Å². The van der Waals surface area contributed by atoms with Gasteiger partial charge in [0.1, 0.15) is 0 Å². The molecule has 1 aliphatic rings. The molecule has 1 amide bonds. The summed E-state index contributed by atoms with van der Waals surface area (Å²) in [7, 11) is 0. The molecule has 140 valence electrons. The zero-order valence-corrected chi connectivity index (χ0v) is 14.5. The van der Waals surface area contributed by atoms with E-state index in [1.54, 1.807) is 12.1 Å². The first kappa shape index (κ1) is 18.1. The third kappa shape index (κ3) is 4.29. The minimum atomic E-state index is -0.980. The molecule has 0 aromatic carbocycles. The number of hydrogen-bond donors (Lipinski definition) is 3. The van der Waals surface area contributed by atoms with Crippen LogP contribution in [0.25, 0.3) is 5.65 Å². The van der Waals surface area contributed by atoms with Crippen molar-refractivity contribution in [2.24, 2.45) is 5.92 Å². The summed E-state index contributed by atoms with van der Waals surface area (Å²) in [4.78, 5) is 35.1. The second-order valence-corrected chi connectivity index (χ2v) is 6.53. The van der Waals surface area contributed by atoms with Crippen LogP contribution in [0.5, 0.6) is 0 Å². The van der Waals surface area contributed by atoms with Gasteiger partial charge in [-0.2, -0.15) is 0 Å². The van der Waals surface area contributed by atoms with Crippen LogP contribution >= 0.6 is 0 Å². The molecule has 2 aromatic heterocycles. The molecule has 0 aliphatic carbocycles. The standard InChI is InChI=1S/C17H23N5O4/c23-15(24)5-9-19-16(25)13-1-2-14-20-22(17(26)21(14)11-13)10-6-12-3-7-18-8-4-12/h1-2,11-12,18H,3-10H2,(H,19,25)(H,23,24). The van der Waals surface area contributed by atoms with Crippen LogP contribution in [0, 0.1) is 5.92 Å². The third-order valence-corrected chi connectivity index (χ3v) is 4.67. The minimum absolute atomic E-state index is 0.0383. The Labute approximate surface area is 150 Å². The molecule has 1 saturated heterocycles. The molecule has 0 atom stereocenters. The summed E-state index contributed by atoms with van der Waals surface area (Å²) in [6.07, 6.45) is 4.43. The van der Waals surface area contributed by atoms with E-state index in [1.807, 2.05) is 0 Å². The van der Waals surface area contributed by atoms with E-state index in [1.165, 1.54) is 15.3 Å². The van der Waals surface area contributed by atoms with Gasteiger partial charge in [0, 0.05) is 19.3 Å². The highest BCUT2D eigenvalue weighted by molar-refractivity contribution is 5.94. The predicted molar refractivity (Wildman–Crippen MR) is 94.2 cm³/mol. The molecule has 3 rings (SSSR count). The number of nitrogens with zero attached hydrogens (tertiary/aromatic N) is 3. The summed E-state index contributed by atoms with van der Waals surface area (Å²) in [6, 6.07) is 3.20. The highest BCUT2D eigenvalue weighted by Crippen LogP contribution is 2.16. The van der Waals surface area contributed by atoms with Crippen molar-refractivity contribution in [2.45, 2.75) is 32.2 Å². The minimum Gasteiger partial charge on any atom is -0.481 e. The van der Waals surface area contributed by atoms with Crippen LogP contribution < -0.4 is 16.3 Å². The summed E-state index contributed by atoms with van der Waals surface area (Å²) in [5.41, 5.74) is 0.513. The molecule has 9 heteroatoms. The SMILES string of the molecule is O=C(O)CCNC(=O)c1ccc2nn(CCC3CCNCC3)c(=O)n2c1. The van der Waals surface area contributed by atoms with E-state index < -0.39 is 11.9 Å². The highest BCUT2D eigenvalue weighted by atomic mass is 16.4. The van der Waals surface area contributed by atoms with E-state index in [0.717, 1.165) is 32.4 Å². The fraction of sp³-hybridized carbons (Fsp3) is 0.529. The van der Waals surface area contributed by atoms with E-state index >= 15 is 0 Å². The summed E-state index contributed by atoms with van der Waals surface area (Å²) < 4.78 is 2.80. The number of aromatic nitrogens is 3. The Morgan fingerprint density at radius 2 is 2.08 bits per heavy atom. The van der Waals surface area contributed by atoms with E-state index in [2.05, 4.69) is 15.7 Å². The van der Waals surface area contributed by atoms with Crippen LogP contribution in [0.3, 0.4) is 0 Å². The van der Waals surface area contributed by atoms with Gasteiger partial charge >= 0.3 is 11.7 Å². The largest absolute Gasteiger partial charge is 0.481 e. The quantitative estimate of drug-likeness (QED) is 0.643. The molecule has 0 bridgehead atoms. The molecule has 3 N–H and O–H groups in total. The number of fused-ring (bicyclic) bond motifs is 1. The van der Waals surface area contributed by atoms with Crippen molar-refractivity contribution >= 4 is 17.5 Å². The maximum Gasteiger partial charge on any atom is 0.350 e. The van der Waals surface area contributed by atoms with Crippen LogP contribution in [0.4, 0.5) is 0 Å². The lowest BCUT2D eigenvalue weighted by atomic mass is 9.95. The Morgan fingerprint density at radius 1 is 1.31 bits per heavy atom. The molecule has 0 saturated carbocycles. The Kier molecular flexibility index (Phi) is 5.67. The van der Waals surface area contributed by atoms with Gasteiger partial charge in [0.15, 0.2) is 5.65 Å². The van der Waals surface area contributed by atoms with Crippen molar-refractivity contribution in [2.75, 3.05) is 19.6 Å². The first-order valence-electron chi connectivity index (χ1n) is 8.84. The average Bonchev–Trinajstić information content (AvgIpc) is 2.96. The summed E-state index contributed by atoms with van der Waals surface area (Å²) >= 11 is 0. The number of amides is 1. The molecule has 0 unspecified atom stereocenters. The Bertz CT molecular complexity index is 850. The number of carbonyl (C=O) groups excluding carboxylic acids is 1. The second kappa shape index (κ2) is 8.13. The molecule has 0 radical (unpaired) electrons. The Hall–Kier alpha value is -2.68. The van der Waals surface area contributed by atoms with Crippen LogP contribution in [-0.4, -0.2) is 50.8 Å². The van der Waals surface area contributed by atoms with Crippen LogP contribution in [-0.2, 0) is 11.3 Å². The van der Waals surface area contributed by atoms with Gasteiger partial charge in [-0.1, -0.05) is 0 Å². The van der Waals surface area contributed by atoms with Gasteiger partial charge in [0.2, 0.25) is 0 Å². The van der Waals surface area contributed by atoms with Crippen LogP contribution in [0.1, 0.15) is 36.0 Å². The number of carboxylic acid groups (broad SMARTS) is 1. The van der Waals surface area contributed by atoms with Gasteiger partial charge in [-0.25, -0.2) is 13.9 Å². The number of aliphatic carboxylic acids is 1. The summed E-state index contributed by atoms with van der Waals surface area (Å²) in [5.74, 6) is -0.793. The van der Waals surface area contributed by atoms with E-state index in [4.69, 9.17) is 5.11 Å². The molecule has 9 nitrogen and oxygen atoms in total. The number of carbonyl (C=O) groups is 2. The van der Waals surface area contributed by atoms with Crippen molar-refractivity contribution < 1.29 is 14.7 Å². The lowest BCUT2D eigenvalue weighted by molar-refractivity contribution is -0.136. The van der Waals surface area contributed by atoms with Gasteiger partial charge in [-0.15, -0.1) is 5.10 Å². The van der Waals surface area contributed by atoms with Crippen molar-refractivity contribution in [1.82, 2.24) is 24.8 Å². The number of rotatable bonds is 7. The van der Waals surface area contributed by atoms with E-state index in [-0.39, 0.29) is 18.7 Å². The topological polar surface area (TPSA) is 118 Å².